The molecule has 0 bridgehead atoms. The largest absolute Gasteiger partial charge is 0.707 e. The van der Waals surface area contributed by atoms with E-state index in [1.54, 1.807) is 0 Å². The van der Waals surface area contributed by atoms with Crippen molar-refractivity contribution in [1.29, 1.82) is 0 Å². The summed E-state index contributed by atoms with van der Waals surface area (Å²) in [5, 5.41) is 8.56. The molecule has 0 heterocycles. The lowest BCUT2D eigenvalue weighted by atomic mass is 10.6. The van der Waals surface area contributed by atoms with E-state index in [4.69, 9.17) is 0 Å². The van der Waals surface area contributed by atoms with Crippen molar-refractivity contribution < 1.29 is 18.0 Å². The topological polar surface area (TPSA) is 66.4 Å². The summed E-state index contributed by atoms with van der Waals surface area (Å²) < 4.78 is 23.2. The molecule has 0 rings (SSSR count). The SMILES string of the molecule is CC(C)S(=O)(=O)O[O-]. The van der Waals surface area contributed by atoms with Gasteiger partial charge in [-0.1, -0.05) is 0 Å². The zero-order valence-corrected chi connectivity index (χ0v) is 5.44. The van der Waals surface area contributed by atoms with E-state index in [0.29, 0.717) is 0 Å². The molecule has 0 amide bonds. The summed E-state index contributed by atoms with van der Waals surface area (Å²) in [4.78, 5) is 0. The van der Waals surface area contributed by atoms with Gasteiger partial charge in [0.25, 0.3) is 10.1 Å². The van der Waals surface area contributed by atoms with Crippen LogP contribution in [0.1, 0.15) is 13.8 Å². The fraction of sp³-hybridized carbons (Fsp3) is 1.00. The molecular weight excluding hydrogens is 132 g/mol. The van der Waals surface area contributed by atoms with E-state index in [1.165, 1.54) is 13.8 Å². The lowest BCUT2D eigenvalue weighted by Gasteiger charge is -2.09. The van der Waals surface area contributed by atoms with Crippen molar-refractivity contribution in [3.05, 3.63) is 0 Å². The number of rotatable bonds is 2. The van der Waals surface area contributed by atoms with Crippen LogP contribution in [0, 0.1) is 0 Å². The second-order valence-corrected chi connectivity index (χ2v) is 3.67. The highest BCUT2D eigenvalue weighted by Crippen LogP contribution is 1.96. The summed E-state index contributed by atoms with van der Waals surface area (Å²) in [5.41, 5.74) is 0. The zero-order valence-electron chi connectivity index (χ0n) is 4.62. The second kappa shape index (κ2) is 2.43. The van der Waals surface area contributed by atoms with Crippen molar-refractivity contribution >= 4 is 10.1 Å². The van der Waals surface area contributed by atoms with Gasteiger partial charge in [0.2, 0.25) is 0 Å². The minimum atomic E-state index is -3.79. The van der Waals surface area contributed by atoms with E-state index >= 15 is 0 Å². The van der Waals surface area contributed by atoms with Gasteiger partial charge in [-0.25, -0.2) is 0 Å². The predicted octanol–water partition coefficient (Wildman–Crippen LogP) is -0.984. The van der Waals surface area contributed by atoms with Crippen LogP contribution < -0.4 is 5.26 Å². The monoisotopic (exact) mass is 139 g/mol. The van der Waals surface area contributed by atoms with Crippen LogP contribution in [0.3, 0.4) is 0 Å². The highest BCUT2D eigenvalue weighted by Gasteiger charge is 2.10. The molecule has 0 aromatic carbocycles. The summed E-state index contributed by atoms with van der Waals surface area (Å²) in [6.45, 7) is 2.74. The standard InChI is InChI=1S/C3H8O4S/c1-3(2)8(5,6)7-4/h3-4H,1-2H3/p-1. The molecule has 50 valence electrons. The molecule has 0 N–H and O–H groups in total. The summed E-state index contributed by atoms with van der Waals surface area (Å²) >= 11 is 0. The maximum absolute atomic E-state index is 10.2. The molecule has 0 aliphatic rings. The van der Waals surface area contributed by atoms with Crippen molar-refractivity contribution in [2.45, 2.75) is 19.1 Å². The molecule has 0 atom stereocenters. The van der Waals surface area contributed by atoms with Crippen LogP contribution in [0.4, 0.5) is 0 Å². The Labute approximate surface area is 48.1 Å². The third-order valence-electron chi connectivity index (χ3n) is 0.672. The molecule has 0 aromatic heterocycles. The van der Waals surface area contributed by atoms with Crippen LogP contribution in [0.5, 0.6) is 0 Å². The van der Waals surface area contributed by atoms with Gasteiger partial charge >= 0.3 is 0 Å². The van der Waals surface area contributed by atoms with Crippen molar-refractivity contribution in [2.75, 3.05) is 0 Å². The fourth-order valence-electron chi connectivity index (χ4n) is 0.0786. The molecule has 0 radical (unpaired) electrons. The Hall–Kier alpha value is -0.130. The molecule has 0 unspecified atom stereocenters. The molecule has 0 fully saturated rings. The maximum Gasteiger partial charge on any atom is 0.261 e. The van der Waals surface area contributed by atoms with Gasteiger partial charge in [0.1, 0.15) is 0 Å². The first kappa shape index (κ1) is 7.87. The molecule has 0 aromatic rings. The van der Waals surface area contributed by atoms with E-state index in [-0.39, 0.29) is 0 Å². The molecule has 0 aliphatic heterocycles. The Kier molecular flexibility index (Phi) is 2.39. The average molecular weight is 139 g/mol. The van der Waals surface area contributed by atoms with Gasteiger partial charge in [0, 0.05) is 0 Å². The Morgan fingerprint density at radius 3 is 1.88 bits per heavy atom. The van der Waals surface area contributed by atoms with Gasteiger partial charge in [0.15, 0.2) is 0 Å². The fourth-order valence-corrected chi connectivity index (χ4v) is 0.236. The van der Waals surface area contributed by atoms with Gasteiger partial charge in [-0.05, 0) is 13.8 Å². The smallest absolute Gasteiger partial charge is 0.261 e. The summed E-state index contributed by atoms with van der Waals surface area (Å²) in [7, 11) is -3.79. The van der Waals surface area contributed by atoms with E-state index in [0.717, 1.165) is 0 Å². The first-order valence-electron chi connectivity index (χ1n) is 2.06. The molecule has 8 heavy (non-hydrogen) atoms. The predicted molar refractivity (Wildman–Crippen MR) is 25.1 cm³/mol. The second-order valence-electron chi connectivity index (χ2n) is 1.61. The Morgan fingerprint density at radius 2 is 1.88 bits per heavy atom. The third kappa shape index (κ3) is 1.77. The van der Waals surface area contributed by atoms with Gasteiger partial charge in [-0.2, -0.15) is 8.42 Å². The van der Waals surface area contributed by atoms with Gasteiger partial charge in [0.05, 0.1) is 5.25 Å². The molecule has 4 nitrogen and oxygen atoms in total. The van der Waals surface area contributed by atoms with Crippen LogP contribution in [0.15, 0.2) is 0 Å². The van der Waals surface area contributed by atoms with E-state index in [2.05, 4.69) is 4.33 Å². The van der Waals surface area contributed by atoms with Crippen molar-refractivity contribution in [3.63, 3.8) is 0 Å². The molecule has 5 heteroatoms. The first-order valence-corrected chi connectivity index (χ1v) is 3.53. The molecular formula is C3H7O4S-. The van der Waals surface area contributed by atoms with Gasteiger partial charge in [-0.3, -0.25) is 0 Å². The normalized spacial score (nSPS) is 12.5. The van der Waals surface area contributed by atoms with Crippen LogP contribution in [-0.4, -0.2) is 13.7 Å². The maximum atomic E-state index is 10.2. The quantitative estimate of drug-likeness (QED) is 0.364. The van der Waals surface area contributed by atoms with E-state index in [9.17, 15) is 13.7 Å². The molecule has 0 aliphatic carbocycles. The Balaban J connectivity index is 4.17. The summed E-state index contributed by atoms with van der Waals surface area (Å²) in [6.07, 6.45) is 0. The highest BCUT2D eigenvalue weighted by atomic mass is 32.2. The van der Waals surface area contributed by atoms with Crippen LogP contribution >= 0.6 is 0 Å². The van der Waals surface area contributed by atoms with Crippen LogP contribution in [0.25, 0.3) is 0 Å². The minimum Gasteiger partial charge on any atom is -0.707 e. The van der Waals surface area contributed by atoms with Crippen molar-refractivity contribution in [3.8, 4) is 0 Å². The minimum absolute atomic E-state index is 0.750. The Morgan fingerprint density at radius 1 is 1.50 bits per heavy atom. The lowest BCUT2D eigenvalue weighted by molar-refractivity contribution is -0.635. The van der Waals surface area contributed by atoms with E-state index < -0.39 is 15.4 Å². The summed E-state index contributed by atoms with van der Waals surface area (Å²) in [5.74, 6) is 0. The molecule has 0 saturated heterocycles. The van der Waals surface area contributed by atoms with Crippen molar-refractivity contribution in [1.82, 2.24) is 0 Å². The van der Waals surface area contributed by atoms with E-state index in [1.807, 2.05) is 0 Å². The van der Waals surface area contributed by atoms with Gasteiger partial charge in [-0.15, -0.1) is 0 Å². The Bertz CT molecular complexity index is 145. The molecule has 0 saturated carbocycles. The number of hydrogen-bond donors (Lipinski definition) is 0. The van der Waals surface area contributed by atoms with Crippen molar-refractivity contribution in [2.24, 2.45) is 0 Å². The van der Waals surface area contributed by atoms with Crippen LogP contribution in [0.2, 0.25) is 0 Å². The molecule has 0 spiro atoms. The highest BCUT2D eigenvalue weighted by molar-refractivity contribution is 7.87. The third-order valence-corrected chi connectivity index (χ3v) is 2.02. The zero-order chi connectivity index (χ0) is 6.78. The summed E-state index contributed by atoms with van der Waals surface area (Å²) in [6, 6.07) is 0. The number of hydrogen-bond acceptors (Lipinski definition) is 4. The van der Waals surface area contributed by atoms with Gasteiger partial charge < -0.3 is 9.59 Å². The van der Waals surface area contributed by atoms with Crippen LogP contribution in [-0.2, 0) is 14.5 Å². The lowest BCUT2D eigenvalue weighted by Crippen LogP contribution is -2.22. The first-order chi connectivity index (χ1) is 3.50. The average Bonchev–Trinajstić information content (AvgIpc) is 1.67.